The Hall–Kier alpha value is -3.36. The summed E-state index contributed by atoms with van der Waals surface area (Å²) in [4.78, 5) is 0. The van der Waals surface area contributed by atoms with E-state index >= 15 is 0 Å². The number of aryl methyl sites for hydroxylation is 2. The minimum absolute atomic E-state index is 0.222. The van der Waals surface area contributed by atoms with E-state index in [9.17, 15) is 8.78 Å². The number of hydrogen-bond acceptors (Lipinski definition) is 0. The van der Waals surface area contributed by atoms with Gasteiger partial charge in [0, 0.05) is 16.7 Å². The van der Waals surface area contributed by atoms with Crippen molar-refractivity contribution in [3.05, 3.63) is 106 Å². The average Bonchev–Trinajstić information content (AvgIpc) is 2.73. The van der Waals surface area contributed by atoms with Gasteiger partial charge in [-0.3, -0.25) is 0 Å². The minimum atomic E-state index is -0.285. The van der Waals surface area contributed by atoms with Crippen LogP contribution in [0.1, 0.15) is 53.6 Å². The minimum Gasteiger partial charge on any atom is -0.207 e. The molecular weight excluding hydrogens is 362 g/mol. The quantitative estimate of drug-likeness (QED) is 0.466. The molecule has 0 aliphatic rings. The summed E-state index contributed by atoms with van der Waals surface area (Å²) in [6.07, 6.45) is 2.51. The van der Waals surface area contributed by atoms with Crippen LogP contribution in [-0.4, -0.2) is 0 Å². The van der Waals surface area contributed by atoms with Gasteiger partial charge in [0.2, 0.25) is 0 Å². The van der Waals surface area contributed by atoms with E-state index in [1.807, 2.05) is 43.3 Å². The number of benzene rings is 3. The summed E-state index contributed by atoms with van der Waals surface area (Å²) >= 11 is 0. The van der Waals surface area contributed by atoms with Crippen molar-refractivity contribution in [2.45, 2.75) is 33.1 Å². The molecule has 0 nitrogen and oxygen atoms in total. The van der Waals surface area contributed by atoms with Crippen molar-refractivity contribution in [1.29, 1.82) is 0 Å². The molecule has 0 spiro atoms. The van der Waals surface area contributed by atoms with Gasteiger partial charge >= 0.3 is 0 Å². The first-order chi connectivity index (χ1) is 14.1. The number of halogens is 2. The van der Waals surface area contributed by atoms with E-state index in [-0.39, 0.29) is 11.6 Å². The molecule has 3 aromatic carbocycles. The summed E-state index contributed by atoms with van der Waals surface area (Å²) in [7, 11) is 0. The van der Waals surface area contributed by atoms with Crippen molar-refractivity contribution in [2.24, 2.45) is 0 Å². The molecule has 0 N–H and O–H groups in total. The van der Waals surface area contributed by atoms with Crippen molar-refractivity contribution in [3.63, 3.8) is 0 Å². The Balaban J connectivity index is 1.72. The van der Waals surface area contributed by atoms with Gasteiger partial charge in [0.05, 0.1) is 5.56 Å². The summed E-state index contributed by atoms with van der Waals surface area (Å²) in [5, 5.41) is 0. The third kappa shape index (κ3) is 5.56. The van der Waals surface area contributed by atoms with E-state index in [0.717, 1.165) is 29.5 Å². The molecule has 0 radical (unpaired) electrons. The molecule has 0 saturated carbocycles. The largest absolute Gasteiger partial charge is 0.207 e. The first kappa shape index (κ1) is 20.4. The van der Waals surface area contributed by atoms with Crippen LogP contribution in [0.5, 0.6) is 0 Å². The maximum atomic E-state index is 14.1. The van der Waals surface area contributed by atoms with Crippen molar-refractivity contribution in [2.75, 3.05) is 0 Å². The van der Waals surface area contributed by atoms with Gasteiger partial charge in [0.1, 0.15) is 11.6 Å². The maximum absolute atomic E-state index is 14.1. The highest BCUT2D eigenvalue weighted by Crippen LogP contribution is 2.12. The summed E-state index contributed by atoms with van der Waals surface area (Å²) in [6, 6.07) is 17.7. The van der Waals surface area contributed by atoms with E-state index in [1.165, 1.54) is 6.07 Å². The molecule has 0 unspecified atom stereocenters. The lowest BCUT2D eigenvalue weighted by Crippen LogP contribution is -1.89. The van der Waals surface area contributed by atoms with Crippen molar-refractivity contribution < 1.29 is 8.78 Å². The fourth-order valence-electron chi connectivity index (χ4n) is 2.94. The predicted octanol–water partition coefficient (Wildman–Crippen LogP) is 6.28. The zero-order valence-corrected chi connectivity index (χ0v) is 16.7. The highest BCUT2D eigenvalue weighted by atomic mass is 19.1. The third-order valence-corrected chi connectivity index (χ3v) is 4.58. The van der Waals surface area contributed by atoms with Gasteiger partial charge < -0.3 is 0 Å². The van der Waals surface area contributed by atoms with Gasteiger partial charge in [-0.05, 0) is 72.5 Å². The molecule has 0 aliphatic carbocycles. The molecule has 0 aliphatic heterocycles. The van der Waals surface area contributed by atoms with Crippen molar-refractivity contribution in [1.82, 2.24) is 0 Å². The second-order valence-electron chi connectivity index (χ2n) is 6.80. The maximum Gasteiger partial charge on any atom is 0.139 e. The van der Waals surface area contributed by atoms with Crippen molar-refractivity contribution >= 4 is 0 Å². The average molecular weight is 384 g/mol. The molecule has 3 rings (SSSR count). The predicted molar refractivity (Wildman–Crippen MR) is 115 cm³/mol. The Morgan fingerprint density at radius 2 is 1.28 bits per heavy atom. The second-order valence-corrected chi connectivity index (χ2v) is 6.80. The standard InChI is InChI=1S/C27H22F2/c1-3-5-22-14-17-25(27(29)18-22)16-12-21-8-6-20(7-9-21)10-11-23-13-15-24(4-2)26(28)19-23/h6-9,13-15,17-19H,3-5H2,1-2H3. The molecule has 0 amide bonds. The van der Waals surface area contributed by atoms with Crippen molar-refractivity contribution in [3.8, 4) is 23.7 Å². The SMILES string of the molecule is CCCc1ccc(C#Cc2ccc(C#Cc3ccc(CC)c(F)c3)cc2)c(F)c1. The first-order valence-corrected chi connectivity index (χ1v) is 9.80. The van der Waals surface area contributed by atoms with Crippen LogP contribution in [0, 0.1) is 35.3 Å². The lowest BCUT2D eigenvalue weighted by Gasteiger charge is -2.00. The third-order valence-electron chi connectivity index (χ3n) is 4.58. The van der Waals surface area contributed by atoms with Gasteiger partial charge in [-0.15, -0.1) is 0 Å². The fourth-order valence-corrected chi connectivity index (χ4v) is 2.94. The molecule has 0 aromatic heterocycles. The lowest BCUT2D eigenvalue weighted by molar-refractivity contribution is 0.612. The van der Waals surface area contributed by atoms with E-state index in [1.54, 1.807) is 18.2 Å². The lowest BCUT2D eigenvalue weighted by atomic mass is 10.1. The summed E-state index contributed by atoms with van der Waals surface area (Å²) in [5.41, 5.74) is 4.31. The van der Waals surface area contributed by atoms with Crippen LogP contribution in [0.2, 0.25) is 0 Å². The van der Waals surface area contributed by atoms with Gasteiger partial charge in [-0.1, -0.05) is 56.1 Å². The zero-order valence-electron chi connectivity index (χ0n) is 16.7. The van der Waals surface area contributed by atoms with Gasteiger partial charge in [-0.25, -0.2) is 8.78 Å². The van der Waals surface area contributed by atoms with Crippen LogP contribution in [0.15, 0.2) is 60.7 Å². The Morgan fingerprint density at radius 3 is 1.86 bits per heavy atom. The Bertz CT molecular complexity index is 1120. The molecule has 29 heavy (non-hydrogen) atoms. The van der Waals surface area contributed by atoms with E-state index < -0.39 is 0 Å². The van der Waals surface area contributed by atoms with Crippen LogP contribution < -0.4 is 0 Å². The van der Waals surface area contributed by atoms with Crippen LogP contribution in [0.4, 0.5) is 8.78 Å². The highest BCUT2D eigenvalue weighted by Gasteiger charge is 2.01. The summed E-state index contributed by atoms with van der Waals surface area (Å²) in [5.74, 6) is 11.4. The van der Waals surface area contributed by atoms with Gasteiger partial charge in [0.15, 0.2) is 0 Å². The molecule has 3 aromatic rings. The van der Waals surface area contributed by atoms with Crippen LogP contribution in [-0.2, 0) is 12.8 Å². The van der Waals surface area contributed by atoms with Gasteiger partial charge in [-0.2, -0.15) is 0 Å². The Morgan fingerprint density at radius 1 is 0.655 bits per heavy atom. The molecule has 0 atom stereocenters. The molecule has 0 bridgehead atoms. The normalized spacial score (nSPS) is 9.93. The Labute approximate surface area is 171 Å². The molecule has 0 heterocycles. The number of rotatable bonds is 3. The molecule has 0 fully saturated rings. The first-order valence-electron chi connectivity index (χ1n) is 9.80. The summed E-state index contributed by atoms with van der Waals surface area (Å²) < 4.78 is 28.0. The summed E-state index contributed by atoms with van der Waals surface area (Å²) in [6.45, 7) is 3.99. The Kier molecular flexibility index (Phi) is 6.83. The molecular formula is C27H22F2. The highest BCUT2D eigenvalue weighted by molar-refractivity contribution is 5.48. The molecule has 144 valence electrons. The smallest absolute Gasteiger partial charge is 0.139 e. The van der Waals surface area contributed by atoms with Crippen LogP contribution in [0.3, 0.4) is 0 Å². The molecule has 2 heteroatoms. The molecule has 0 saturated heterocycles. The fraction of sp³-hybridized carbons (Fsp3) is 0.185. The van der Waals surface area contributed by atoms with Crippen LogP contribution in [0.25, 0.3) is 0 Å². The number of hydrogen-bond donors (Lipinski definition) is 0. The zero-order chi connectivity index (χ0) is 20.6. The van der Waals surface area contributed by atoms with E-state index in [0.29, 0.717) is 23.1 Å². The van der Waals surface area contributed by atoms with E-state index in [2.05, 4.69) is 30.6 Å². The monoisotopic (exact) mass is 384 g/mol. The van der Waals surface area contributed by atoms with E-state index in [4.69, 9.17) is 0 Å². The second kappa shape index (κ2) is 9.72. The van der Waals surface area contributed by atoms with Crippen LogP contribution >= 0.6 is 0 Å². The van der Waals surface area contributed by atoms with Gasteiger partial charge in [0.25, 0.3) is 0 Å². The topological polar surface area (TPSA) is 0 Å².